The summed E-state index contributed by atoms with van der Waals surface area (Å²) in [7, 11) is 0. The lowest BCUT2D eigenvalue weighted by Gasteiger charge is -2.09. The van der Waals surface area contributed by atoms with Gasteiger partial charge in [0.25, 0.3) is 0 Å². The minimum Gasteiger partial charge on any atom is -0.457 e. The van der Waals surface area contributed by atoms with Crippen LogP contribution in [0.5, 0.6) is 0 Å². The molecule has 0 spiro atoms. The molecule has 0 radical (unpaired) electrons. The Hall–Kier alpha value is -2.92. The lowest BCUT2D eigenvalue weighted by atomic mass is 10.0. The van der Waals surface area contributed by atoms with E-state index in [-0.39, 0.29) is 12.6 Å². The predicted molar refractivity (Wildman–Crippen MR) is 115 cm³/mol. The molecule has 2 aromatic carbocycles. The number of aryl methyl sites for hydroxylation is 2. The van der Waals surface area contributed by atoms with E-state index in [1.54, 1.807) is 17.4 Å². The van der Waals surface area contributed by atoms with E-state index in [1.807, 2.05) is 36.4 Å². The molecule has 0 saturated carbocycles. The van der Waals surface area contributed by atoms with Gasteiger partial charge in [0.15, 0.2) is 0 Å². The number of esters is 1. The maximum absolute atomic E-state index is 12.7. The van der Waals surface area contributed by atoms with E-state index in [1.165, 1.54) is 35.8 Å². The molecule has 1 aliphatic carbocycles. The summed E-state index contributed by atoms with van der Waals surface area (Å²) >= 11 is 1.55. The third-order valence-electron chi connectivity index (χ3n) is 5.52. The summed E-state index contributed by atoms with van der Waals surface area (Å²) < 4.78 is 11.0. The third-order valence-corrected chi connectivity index (χ3v) is 6.74. The second-order valence-electron chi connectivity index (χ2n) is 7.45. The van der Waals surface area contributed by atoms with Crippen molar-refractivity contribution in [2.75, 3.05) is 0 Å². The van der Waals surface area contributed by atoms with E-state index < -0.39 is 5.63 Å². The van der Waals surface area contributed by atoms with Crippen molar-refractivity contribution in [2.24, 2.45) is 0 Å². The molecule has 5 heteroatoms. The Kier molecular flexibility index (Phi) is 4.68. The van der Waals surface area contributed by atoms with E-state index in [2.05, 4.69) is 0 Å². The number of rotatable bonds is 3. The molecule has 1 aliphatic rings. The van der Waals surface area contributed by atoms with Crippen molar-refractivity contribution >= 4 is 39.0 Å². The first kappa shape index (κ1) is 18.1. The van der Waals surface area contributed by atoms with Crippen molar-refractivity contribution in [3.8, 4) is 0 Å². The normalized spacial score (nSPS) is 13.9. The zero-order chi connectivity index (χ0) is 19.8. The molecule has 4 aromatic rings. The molecule has 0 aliphatic heterocycles. The monoisotopic (exact) mass is 404 g/mol. The van der Waals surface area contributed by atoms with Gasteiger partial charge in [-0.3, -0.25) is 0 Å². The number of benzene rings is 2. The van der Waals surface area contributed by atoms with Crippen molar-refractivity contribution in [1.29, 1.82) is 0 Å². The van der Waals surface area contributed by atoms with Crippen molar-refractivity contribution in [3.63, 3.8) is 0 Å². The molecule has 146 valence electrons. The van der Waals surface area contributed by atoms with Crippen LogP contribution in [-0.2, 0) is 24.2 Å². The van der Waals surface area contributed by atoms with Crippen molar-refractivity contribution in [3.05, 3.63) is 79.8 Å². The van der Waals surface area contributed by atoms with Crippen LogP contribution in [0.2, 0.25) is 0 Å². The summed E-state index contributed by atoms with van der Waals surface area (Å²) in [5.41, 5.74) is 2.02. The number of carbonyl (C=O) groups is 1. The molecular weight excluding hydrogens is 384 g/mol. The number of hydrogen-bond donors (Lipinski definition) is 0. The zero-order valence-electron chi connectivity index (χ0n) is 15.9. The van der Waals surface area contributed by atoms with Crippen LogP contribution >= 0.6 is 11.3 Å². The highest BCUT2D eigenvalue weighted by atomic mass is 32.1. The van der Waals surface area contributed by atoms with Crippen LogP contribution in [0.4, 0.5) is 0 Å². The molecule has 0 atom stereocenters. The molecule has 2 aromatic heterocycles. The summed E-state index contributed by atoms with van der Waals surface area (Å²) in [4.78, 5) is 26.7. The average Bonchev–Trinajstić information content (AvgIpc) is 3.02. The minimum atomic E-state index is -0.443. The van der Waals surface area contributed by atoms with Crippen LogP contribution in [0.15, 0.2) is 57.7 Å². The Morgan fingerprint density at radius 1 is 1.03 bits per heavy atom. The molecule has 5 rings (SSSR count). The number of thiophene rings is 1. The number of carbonyl (C=O) groups excluding carboxylic acids is 1. The van der Waals surface area contributed by atoms with E-state index in [4.69, 9.17) is 9.15 Å². The highest BCUT2D eigenvalue weighted by molar-refractivity contribution is 7.14. The second kappa shape index (κ2) is 7.48. The van der Waals surface area contributed by atoms with Gasteiger partial charge < -0.3 is 9.15 Å². The van der Waals surface area contributed by atoms with Gasteiger partial charge in [0.05, 0.1) is 0 Å². The standard InChI is InChI=1S/C24H20O4S/c25-22-13-17(23-18-8-5-4-6-15(18)10-11-19(23)28-22)14-27-24(26)21-12-16-7-2-1-3-9-20(16)29-21/h4-6,8,10-13H,1-3,7,9,14H2. The Morgan fingerprint density at radius 3 is 2.83 bits per heavy atom. The number of ether oxygens (including phenoxy) is 1. The highest BCUT2D eigenvalue weighted by Crippen LogP contribution is 2.31. The molecule has 0 amide bonds. The zero-order valence-corrected chi connectivity index (χ0v) is 16.7. The molecule has 0 N–H and O–H groups in total. The van der Waals surface area contributed by atoms with E-state index in [0.29, 0.717) is 16.0 Å². The highest BCUT2D eigenvalue weighted by Gasteiger charge is 2.18. The Morgan fingerprint density at radius 2 is 1.90 bits per heavy atom. The van der Waals surface area contributed by atoms with Gasteiger partial charge in [-0.15, -0.1) is 11.3 Å². The SMILES string of the molecule is O=C(OCc1cc(=O)oc2ccc3ccccc3c12)c1cc2c(s1)CCCCC2. The summed E-state index contributed by atoms with van der Waals surface area (Å²) in [6.07, 6.45) is 5.69. The molecule has 0 bridgehead atoms. The van der Waals surface area contributed by atoms with E-state index >= 15 is 0 Å². The topological polar surface area (TPSA) is 56.5 Å². The Labute approximate surface area is 171 Å². The summed E-state index contributed by atoms with van der Waals surface area (Å²) in [5, 5.41) is 2.84. The quantitative estimate of drug-likeness (QED) is 0.192. The largest absolute Gasteiger partial charge is 0.457 e. The smallest absolute Gasteiger partial charge is 0.348 e. The van der Waals surface area contributed by atoms with Crippen LogP contribution in [0, 0.1) is 0 Å². The Balaban J connectivity index is 1.47. The van der Waals surface area contributed by atoms with Gasteiger partial charge in [0.2, 0.25) is 0 Å². The lowest BCUT2D eigenvalue weighted by molar-refractivity contribution is 0.0479. The van der Waals surface area contributed by atoms with E-state index in [9.17, 15) is 9.59 Å². The average molecular weight is 404 g/mol. The van der Waals surface area contributed by atoms with Gasteiger partial charge in [0.1, 0.15) is 17.1 Å². The molecular formula is C24H20O4S. The lowest BCUT2D eigenvalue weighted by Crippen LogP contribution is -2.07. The maximum Gasteiger partial charge on any atom is 0.348 e. The molecule has 4 nitrogen and oxygen atoms in total. The number of fused-ring (bicyclic) bond motifs is 4. The van der Waals surface area contributed by atoms with Crippen molar-refractivity contribution in [1.82, 2.24) is 0 Å². The fraction of sp³-hybridized carbons (Fsp3) is 0.250. The molecule has 0 saturated heterocycles. The van der Waals surface area contributed by atoms with Crippen LogP contribution in [0.25, 0.3) is 21.7 Å². The first-order valence-electron chi connectivity index (χ1n) is 9.92. The fourth-order valence-electron chi connectivity index (χ4n) is 4.12. The van der Waals surface area contributed by atoms with Crippen LogP contribution in [0.1, 0.15) is 44.9 Å². The van der Waals surface area contributed by atoms with E-state index in [0.717, 1.165) is 29.0 Å². The van der Waals surface area contributed by atoms with Crippen molar-refractivity contribution < 1.29 is 13.9 Å². The first-order valence-corrected chi connectivity index (χ1v) is 10.7. The summed E-state index contributed by atoms with van der Waals surface area (Å²) in [6.45, 7) is 0.0392. The van der Waals surface area contributed by atoms with Gasteiger partial charge in [-0.05, 0) is 54.2 Å². The van der Waals surface area contributed by atoms with Gasteiger partial charge in [-0.1, -0.05) is 36.8 Å². The maximum atomic E-state index is 12.7. The summed E-state index contributed by atoms with van der Waals surface area (Å²) in [5.74, 6) is -0.329. The van der Waals surface area contributed by atoms with Crippen LogP contribution in [-0.4, -0.2) is 5.97 Å². The van der Waals surface area contributed by atoms with Gasteiger partial charge in [-0.25, -0.2) is 9.59 Å². The Bertz CT molecular complexity index is 1260. The first-order chi connectivity index (χ1) is 14.2. The summed E-state index contributed by atoms with van der Waals surface area (Å²) in [6, 6.07) is 15.0. The third kappa shape index (κ3) is 3.47. The van der Waals surface area contributed by atoms with Crippen LogP contribution in [0.3, 0.4) is 0 Å². The van der Waals surface area contributed by atoms with Gasteiger partial charge in [-0.2, -0.15) is 0 Å². The predicted octanol–water partition coefficient (Wildman–Crippen LogP) is 5.63. The number of hydrogen-bond acceptors (Lipinski definition) is 5. The minimum absolute atomic E-state index is 0.0392. The molecule has 2 heterocycles. The fourth-order valence-corrected chi connectivity index (χ4v) is 5.26. The van der Waals surface area contributed by atoms with Crippen molar-refractivity contribution in [2.45, 2.75) is 38.7 Å². The molecule has 29 heavy (non-hydrogen) atoms. The van der Waals surface area contributed by atoms with Crippen LogP contribution < -0.4 is 5.63 Å². The van der Waals surface area contributed by atoms with Gasteiger partial charge in [0, 0.05) is 21.9 Å². The molecule has 0 unspecified atom stereocenters. The second-order valence-corrected chi connectivity index (χ2v) is 8.58. The molecule has 0 fully saturated rings. The van der Waals surface area contributed by atoms with Gasteiger partial charge >= 0.3 is 11.6 Å².